The van der Waals surface area contributed by atoms with E-state index in [-0.39, 0.29) is 24.4 Å². The molecule has 0 spiro atoms. The summed E-state index contributed by atoms with van der Waals surface area (Å²) in [6, 6.07) is 29.5. The van der Waals surface area contributed by atoms with Gasteiger partial charge in [0.05, 0.1) is 6.54 Å². The van der Waals surface area contributed by atoms with Gasteiger partial charge < -0.3 is 0 Å². The van der Waals surface area contributed by atoms with Crippen molar-refractivity contribution in [3.63, 3.8) is 0 Å². The van der Waals surface area contributed by atoms with Gasteiger partial charge in [0.1, 0.15) is 0 Å². The first kappa shape index (κ1) is 21.5. The molecule has 154 valence electrons. The number of hydrogen-bond acceptors (Lipinski definition) is 3. The number of nitrogens with zero attached hydrogens (tertiary/aromatic N) is 1. The third-order valence-corrected chi connectivity index (χ3v) is 5.18. The minimum absolute atomic E-state index is 0.170. The Labute approximate surface area is 178 Å². The second-order valence-electron chi connectivity index (χ2n) is 7.51. The summed E-state index contributed by atoms with van der Waals surface area (Å²) in [7, 11) is 0. The number of nitrogens with one attached hydrogen (secondary N) is 1. The molecule has 4 nitrogen and oxygen atoms in total. The molecule has 0 radical (unpaired) electrons. The topological polar surface area (TPSA) is 49.4 Å². The molecule has 30 heavy (non-hydrogen) atoms. The summed E-state index contributed by atoms with van der Waals surface area (Å²) in [5.74, 6) is -0.649. The third-order valence-electron chi connectivity index (χ3n) is 5.18. The quantitative estimate of drug-likeness (QED) is 0.577. The van der Waals surface area contributed by atoms with Crippen LogP contribution in [0.4, 0.5) is 0 Å². The third kappa shape index (κ3) is 6.68. The zero-order chi connectivity index (χ0) is 21.2. The molecule has 0 aliphatic rings. The van der Waals surface area contributed by atoms with Gasteiger partial charge in [-0.15, -0.1) is 0 Å². The molecule has 0 fully saturated rings. The highest BCUT2D eigenvalue weighted by Gasteiger charge is 2.19. The molecule has 3 aromatic carbocycles. The van der Waals surface area contributed by atoms with Crippen molar-refractivity contribution in [2.75, 3.05) is 6.54 Å². The molecule has 0 aromatic heterocycles. The molecule has 3 rings (SSSR count). The van der Waals surface area contributed by atoms with E-state index in [2.05, 4.69) is 41.4 Å². The van der Waals surface area contributed by atoms with E-state index in [1.807, 2.05) is 42.5 Å². The number of carbonyl (C=O) groups excluding carboxylic acids is 2. The van der Waals surface area contributed by atoms with Crippen LogP contribution in [0.1, 0.15) is 34.8 Å². The lowest BCUT2D eigenvalue weighted by atomic mass is 10.0. The van der Waals surface area contributed by atoms with Crippen molar-refractivity contribution in [1.82, 2.24) is 10.2 Å². The molecule has 1 atom stereocenters. The van der Waals surface area contributed by atoms with Crippen LogP contribution in [0.5, 0.6) is 0 Å². The van der Waals surface area contributed by atoms with E-state index in [9.17, 15) is 9.59 Å². The maximum absolute atomic E-state index is 12.6. The molecular formula is C26H28N2O2. The Balaban J connectivity index is 1.64. The fourth-order valence-electron chi connectivity index (χ4n) is 3.40. The molecule has 0 aliphatic heterocycles. The number of benzene rings is 3. The fourth-order valence-corrected chi connectivity index (χ4v) is 3.40. The molecule has 1 unspecified atom stereocenters. The van der Waals surface area contributed by atoms with Gasteiger partial charge in [0.2, 0.25) is 5.91 Å². The number of rotatable bonds is 9. The van der Waals surface area contributed by atoms with Gasteiger partial charge in [-0.1, -0.05) is 78.9 Å². The van der Waals surface area contributed by atoms with E-state index >= 15 is 0 Å². The van der Waals surface area contributed by atoms with Crippen LogP contribution in [-0.4, -0.2) is 29.3 Å². The van der Waals surface area contributed by atoms with Gasteiger partial charge >= 0.3 is 0 Å². The van der Waals surface area contributed by atoms with Crippen molar-refractivity contribution in [1.29, 1.82) is 0 Å². The molecule has 0 heterocycles. The highest BCUT2D eigenvalue weighted by molar-refractivity contribution is 6.05. The maximum Gasteiger partial charge on any atom is 0.257 e. The summed E-state index contributed by atoms with van der Waals surface area (Å²) in [5, 5.41) is 2.52. The lowest BCUT2D eigenvalue weighted by Gasteiger charge is -2.28. The zero-order valence-corrected chi connectivity index (χ0v) is 17.3. The van der Waals surface area contributed by atoms with Gasteiger partial charge in [-0.3, -0.25) is 19.8 Å². The first-order valence-corrected chi connectivity index (χ1v) is 10.3. The summed E-state index contributed by atoms with van der Waals surface area (Å²) in [6.07, 6.45) is 1.87. The van der Waals surface area contributed by atoms with Gasteiger partial charge in [-0.25, -0.2) is 0 Å². The molecule has 4 heteroatoms. The normalized spacial score (nSPS) is 11.8. The summed E-state index contributed by atoms with van der Waals surface area (Å²) < 4.78 is 0. The van der Waals surface area contributed by atoms with Gasteiger partial charge in [0, 0.05) is 18.2 Å². The minimum Gasteiger partial charge on any atom is -0.291 e. The Morgan fingerprint density at radius 2 is 1.33 bits per heavy atom. The highest BCUT2D eigenvalue weighted by Crippen LogP contribution is 2.14. The molecule has 0 aliphatic carbocycles. The van der Waals surface area contributed by atoms with Crippen molar-refractivity contribution in [2.24, 2.45) is 0 Å². The Bertz CT molecular complexity index is 927. The fraction of sp³-hybridized carbons (Fsp3) is 0.231. The van der Waals surface area contributed by atoms with Crippen molar-refractivity contribution < 1.29 is 9.59 Å². The molecule has 0 saturated heterocycles. The molecule has 2 amide bonds. The first-order chi connectivity index (χ1) is 14.6. The lowest BCUT2D eigenvalue weighted by Crippen LogP contribution is -2.43. The number of hydrogen-bond donors (Lipinski definition) is 1. The Morgan fingerprint density at radius 3 is 1.93 bits per heavy atom. The Kier molecular flexibility index (Phi) is 7.93. The largest absolute Gasteiger partial charge is 0.291 e. The van der Waals surface area contributed by atoms with Crippen LogP contribution in [-0.2, 0) is 17.8 Å². The second-order valence-corrected chi connectivity index (χ2v) is 7.51. The van der Waals surface area contributed by atoms with Crippen LogP contribution >= 0.6 is 0 Å². The highest BCUT2D eigenvalue weighted by atomic mass is 16.2. The predicted molar refractivity (Wildman–Crippen MR) is 120 cm³/mol. The zero-order valence-electron chi connectivity index (χ0n) is 17.3. The van der Waals surface area contributed by atoms with Crippen LogP contribution in [0, 0.1) is 0 Å². The van der Waals surface area contributed by atoms with Gasteiger partial charge in [-0.2, -0.15) is 0 Å². The van der Waals surface area contributed by atoms with Gasteiger partial charge in [-0.05, 0) is 43.0 Å². The van der Waals surface area contributed by atoms with Crippen LogP contribution in [0.2, 0.25) is 0 Å². The van der Waals surface area contributed by atoms with Crippen LogP contribution in [0.25, 0.3) is 0 Å². The van der Waals surface area contributed by atoms with Crippen LogP contribution < -0.4 is 5.32 Å². The van der Waals surface area contributed by atoms with Gasteiger partial charge in [0.15, 0.2) is 0 Å². The summed E-state index contributed by atoms with van der Waals surface area (Å²) in [4.78, 5) is 27.1. The number of amides is 2. The average Bonchev–Trinajstić information content (AvgIpc) is 2.79. The summed E-state index contributed by atoms with van der Waals surface area (Å²) in [5.41, 5.74) is 2.91. The molecule has 3 aromatic rings. The number of aryl methyl sites for hydroxylation is 1. The van der Waals surface area contributed by atoms with Crippen molar-refractivity contribution in [2.45, 2.75) is 32.4 Å². The Hall–Kier alpha value is -3.24. The summed E-state index contributed by atoms with van der Waals surface area (Å²) >= 11 is 0. The van der Waals surface area contributed by atoms with Crippen molar-refractivity contribution >= 4 is 11.8 Å². The smallest absolute Gasteiger partial charge is 0.257 e. The van der Waals surface area contributed by atoms with E-state index in [1.165, 1.54) is 5.56 Å². The maximum atomic E-state index is 12.6. The Morgan fingerprint density at radius 1 is 0.800 bits per heavy atom. The van der Waals surface area contributed by atoms with E-state index in [0.29, 0.717) is 12.1 Å². The monoisotopic (exact) mass is 400 g/mol. The molecule has 0 saturated carbocycles. The molecule has 1 N–H and O–H groups in total. The van der Waals surface area contributed by atoms with Crippen molar-refractivity contribution in [3.05, 3.63) is 108 Å². The number of carbonyl (C=O) groups is 2. The average molecular weight is 401 g/mol. The standard InChI is InChI=1S/C26H28N2O2/c1-21(17-18-22-11-5-2-6-12-22)28(19-23-13-7-3-8-14-23)20-25(29)27-26(30)24-15-9-4-10-16-24/h2-16,21H,17-20H2,1H3,(H,27,29,30). The predicted octanol–water partition coefficient (Wildman–Crippen LogP) is 4.47. The first-order valence-electron chi connectivity index (χ1n) is 10.3. The minimum atomic E-state index is -0.364. The van der Waals surface area contributed by atoms with E-state index in [0.717, 1.165) is 18.4 Å². The van der Waals surface area contributed by atoms with E-state index in [1.54, 1.807) is 24.3 Å². The number of imide groups is 1. The van der Waals surface area contributed by atoms with Crippen molar-refractivity contribution in [3.8, 4) is 0 Å². The molecule has 0 bridgehead atoms. The SMILES string of the molecule is CC(CCc1ccccc1)N(CC(=O)NC(=O)c1ccccc1)Cc1ccccc1. The van der Waals surface area contributed by atoms with Crippen LogP contribution in [0.15, 0.2) is 91.0 Å². The second kappa shape index (κ2) is 11.1. The van der Waals surface area contributed by atoms with Crippen LogP contribution in [0.3, 0.4) is 0 Å². The van der Waals surface area contributed by atoms with E-state index in [4.69, 9.17) is 0 Å². The van der Waals surface area contributed by atoms with Gasteiger partial charge in [0.25, 0.3) is 5.91 Å². The lowest BCUT2D eigenvalue weighted by molar-refractivity contribution is -0.122. The molecular weight excluding hydrogens is 372 g/mol. The van der Waals surface area contributed by atoms with E-state index < -0.39 is 0 Å². The summed E-state index contributed by atoms with van der Waals surface area (Å²) in [6.45, 7) is 2.96.